The van der Waals surface area contributed by atoms with E-state index in [4.69, 9.17) is 0 Å². The summed E-state index contributed by atoms with van der Waals surface area (Å²) in [5.41, 5.74) is 3.20. The van der Waals surface area contributed by atoms with Crippen LogP contribution in [-0.4, -0.2) is 33.7 Å². The molecule has 1 amide bonds. The molecule has 2 aliphatic rings. The Morgan fingerprint density at radius 1 is 1.33 bits per heavy atom. The molecule has 0 saturated carbocycles. The van der Waals surface area contributed by atoms with Gasteiger partial charge in [0.25, 0.3) is 5.91 Å². The van der Waals surface area contributed by atoms with Crippen molar-refractivity contribution in [3.8, 4) is 0 Å². The van der Waals surface area contributed by atoms with Gasteiger partial charge in [0.05, 0.1) is 0 Å². The van der Waals surface area contributed by atoms with Crippen molar-refractivity contribution in [2.45, 2.75) is 39.0 Å². The number of carbonyl (C=O) groups excluding carboxylic acids is 1. The highest BCUT2D eigenvalue weighted by Crippen LogP contribution is 2.26. The van der Waals surface area contributed by atoms with Crippen LogP contribution in [0, 0.1) is 5.92 Å². The summed E-state index contributed by atoms with van der Waals surface area (Å²) >= 11 is 0. The zero-order valence-electron chi connectivity index (χ0n) is 11.3. The molecule has 1 aromatic heterocycles. The van der Waals surface area contributed by atoms with Crippen molar-refractivity contribution in [1.29, 1.82) is 0 Å². The van der Waals surface area contributed by atoms with Crippen LogP contribution >= 0.6 is 0 Å². The number of aryl methyl sites for hydroxylation is 1. The second-order valence-corrected chi connectivity index (χ2v) is 5.75. The number of carbonyl (C=O) groups is 1. The lowest BCUT2D eigenvalue weighted by molar-refractivity contribution is 0.0675. The fourth-order valence-corrected chi connectivity index (χ4v) is 3.31. The molecule has 0 radical (unpaired) electrons. The summed E-state index contributed by atoms with van der Waals surface area (Å²) in [6.07, 6.45) is 5.62. The largest absolute Gasteiger partial charge is 0.337 e. The fraction of sp³-hybridized carbons (Fsp3) is 0.714. The van der Waals surface area contributed by atoms with Crippen molar-refractivity contribution in [2.24, 2.45) is 13.0 Å². The molecule has 1 saturated heterocycles. The third-order valence-electron chi connectivity index (χ3n) is 4.26. The van der Waals surface area contributed by atoms with E-state index in [1.807, 2.05) is 16.6 Å². The maximum Gasteiger partial charge on any atom is 0.274 e. The van der Waals surface area contributed by atoms with E-state index in [9.17, 15) is 4.79 Å². The summed E-state index contributed by atoms with van der Waals surface area (Å²) in [4.78, 5) is 14.6. The highest BCUT2D eigenvalue weighted by molar-refractivity contribution is 5.94. The van der Waals surface area contributed by atoms with Gasteiger partial charge in [-0.2, -0.15) is 5.10 Å². The number of amides is 1. The number of hydrogen-bond donors (Lipinski definition) is 0. The summed E-state index contributed by atoms with van der Waals surface area (Å²) in [5.74, 6) is 0.778. The molecule has 0 aromatic carbocycles. The number of likely N-dealkylation sites (tertiary alicyclic amines) is 1. The van der Waals surface area contributed by atoms with Crippen LogP contribution in [0.3, 0.4) is 0 Å². The Morgan fingerprint density at radius 3 is 2.94 bits per heavy atom. The van der Waals surface area contributed by atoms with Crippen molar-refractivity contribution >= 4 is 5.91 Å². The lowest BCUT2D eigenvalue weighted by Gasteiger charge is -2.30. The van der Waals surface area contributed by atoms with E-state index in [-0.39, 0.29) is 5.91 Å². The van der Waals surface area contributed by atoms with Gasteiger partial charge in [-0.15, -0.1) is 0 Å². The number of piperidine rings is 1. The number of aromatic nitrogens is 2. The molecule has 3 rings (SSSR count). The topological polar surface area (TPSA) is 38.1 Å². The van der Waals surface area contributed by atoms with Crippen LogP contribution in [0.1, 0.15) is 47.9 Å². The van der Waals surface area contributed by atoms with Crippen LogP contribution in [0.4, 0.5) is 0 Å². The van der Waals surface area contributed by atoms with E-state index in [0.717, 1.165) is 44.5 Å². The Bertz CT molecular complexity index is 478. The summed E-state index contributed by atoms with van der Waals surface area (Å²) in [6, 6.07) is 0. The van der Waals surface area contributed by atoms with E-state index >= 15 is 0 Å². The molecule has 0 spiro atoms. The SMILES string of the molecule is CC1CCCN(C(=O)c2nn(C)c3c2CCC3)C1. The van der Waals surface area contributed by atoms with Crippen molar-refractivity contribution in [1.82, 2.24) is 14.7 Å². The molecule has 98 valence electrons. The molecule has 0 N–H and O–H groups in total. The number of rotatable bonds is 1. The quantitative estimate of drug-likeness (QED) is 0.758. The summed E-state index contributed by atoms with van der Waals surface area (Å²) < 4.78 is 1.91. The molecule has 1 aliphatic heterocycles. The standard InChI is InChI=1S/C14H21N3O/c1-10-5-4-8-17(9-10)14(18)13-11-6-3-7-12(11)16(2)15-13/h10H,3-9H2,1-2H3. The minimum absolute atomic E-state index is 0.153. The van der Waals surface area contributed by atoms with Gasteiger partial charge in [-0.05, 0) is 38.0 Å². The molecule has 2 heterocycles. The Kier molecular flexibility index (Phi) is 2.88. The Morgan fingerprint density at radius 2 is 2.17 bits per heavy atom. The molecule has 1 atom stereocenters. The van der Waals surface area contributed by atoms with Crippen LogP contribution in [0.25, 0.3) is 0 Å². The van der Waals surface area contributed by atoms with Crippen molar-refractivity contribution in [2.75, 3.05) is 13.1 Å². The van der Waals surface area contributed by atoms with E-state index in [1.54, 1.807) is 0 Å². The highest BCUT2D eigenvalue weighted by atomic mass is 16.2. The number of nitrogens with zero attached hydrogens (tertiary/aromatic N) is 3. The first kappa shape index (κ1) is 11.8. The van der Waals surface area contributed by atoms with E-state index in [0.29, 0.717) is 5.92 Å². The molecule has 1 fully saturated rings. The Balaban J connectivity index is 1.86. The van der Waals surface area contributed by atoms with Gasteiger partial charge in [0.1, 0.15) is 0 Å². The predicted molar refractivity (Wildman–Crippen MR) is 69.5 cm³/mol. The Hall–Kier alpha value is -1.32. The van der Waals surface area contributed by atoms with E-state index < -0.39 is 0 Å². The van der Waals surface area contributed by atoms with Gasteiger partial charge in [0.15, 0.2) is 5.69 Å². The molecule has 18 heavy (non-hydrogen) atoms. The van der Waals surface area contributed by atoms with Crippen molar-refractivity contribution < 1.29 is 4.79 Å². The fourth-order valence-electron chi connectivity index (χ4n) is 3.31. The lowest BCUT2D eigenvalue weighted by Crippen LogP contribution is -2.39. The van der Waals surface area contributed by atoms with E-state index in [2.05, 4.69) is 12.0 Å². The van der Waals surface area contributed by atoms with Crippen LogP contribution in [-0.2, 0) is 19.9 Å². The monoisotopic (exact) mass is 247 g/mol. The van der Waals surface area contributed by atoms with Crippen LogP contribution in [0.2, 0.25) is 0 Å². The van der Waals surface area contributed by atoms with Gasteiger partial charge in [-0.25, -0.2) is 0 Å². The summed E-state index contributed by atoms with van der Waals surface area (Å²) in [6.45, 7) is 4.01. The van der Waals surface area contributed by atoms with Crippen LogP contribution in [0.15, 0.2) is 0 Å². The maximum atomic E-state index is 12.6. The van der Waals surface area contributed by atoms with Gasteiger partial charge < -0.3 is 4.90 Å². The van der Waals surface area contributed by atoms with Crippen LogP contribution < -0.4 is 0 Å². The maximum absolute atomic E-state index is 12.6. The zero-order chi connectivity index (χ0) is 12.7. The molecule has 4 heteroatoms. The van der Waals surface area contributed by atoms with Gasteiger partial charge in [0.2, 0.25) is 0 Å². The molecule has 0 bridgehead atoms. The van der Waals surface area contributed by atoms with Gasteiger partial charge in [0, 0.05) is 31.4 Å². The first-order valence-electron chi connectivity index (χ1n) is 7.01. The second-order valence-electron chi connectivity index (χ2n) is 5.75. The normalized spacial score (nSPS) is 23.2. The molecule has 1 aromatic rings. The molecular weight excluding hydrogens is 226 g/mol. The molecular formula is C14H21N3O. The molecule has 1 aliphatic carbocycles. The van der Waals surface area contributed by atoms with Gasteiger partial charge >= 0.3 is 0 Å². The third kappa shape index (κ3) is 1.84. The third-order valence-corrected chi connectivity index (χ3v) is 4.26. The average molecular weight is 247 g/mol. The summed E-state index contributed by atoms with van der Waals surface area (Å²) in [5, 5.41) is 4.46. The van der Waals surface area contributed by atoms with Crippen molar-refractivity contribution in [3.05, 3.63) is 17.0 Å². The van der Waals surface area contributed by atoms with E-state index in [1.165, 1.54) is 17.7 Å². The molecule has 1 unspecified atom stereocenters. The number of hydrogen-bond acceptors (Lipinski definition) is 2. The predicted octanol–water partition coefficient (Wildman–Crippen LogP) is 1.78. The lowest BCUT2D eigenvalue weighted by atomic mass is 10.00. The smallest absolute Gasteiger partial charge is 0.274 e. The zero-order valence-corrected chi connectivity index (χ0v) is 11.3. The minimum Gasteiger partial charge on any atom is -0.337 e. The van der Waals surface area contributed by atoms with Gasteiger partial charge in [-0.1, -0.05) is 6.92 Å². The Labute approximate surface area is 108 Å². The second kappa shape index (κ2) is 4.41. The minimum atomic E-state index is 0.153. The van der Waals surface area contributed by atoms with Gasteiger partial charge in [-0.3, -0.25) is 9.48 Å². The number of fused-ring (bicyclic) bond motifs is 1. The average Bonchev–Trinajstić information content (AvgIpc) is 2.93. The molecule has 4 nitrogen and oxygen atoms in total. The summed E-state index contributed by atoms with van der Waals surface area (Å²) in [7, 11) is 1.96. The van der Waals surface area contributed by atoms with Crippen LogP contribution in [0.5, 0.6) is 0 Å². The first-order valence-corrected chi connectivity index (χ1v) is 7.01. The first-order chi connectivity index (χ1) is 8.66. The van der Waals surface area contributed by atoms with Crippen molar-refractivity contribution in [3.63, 3.8) is 0 Å². The highest BCUT2D eigenvalue weighted by Gasteiger charge is 2.29.